The Labute approximate surface area is 107 Å². The molecule has 0 spiro atoms. The Kier molecular flexibility index (Phi) is 4.20. The second kappa shape index (κ2) is 5.87. The number of nitrogens with one attached hydrogen (secondary N) is 3. The highest BCUT2D eigenvalue weighted by atomic mass is 16.1. The highest BCUT2D eigenvalue weighted by Gasteiger charge is 2.10. The molecule has 1 heterocycles. The molecule has 0 fully saturated rings. The summed E-state index contributed by atoms with van der Waals surface area (Å²) in [5, 5.41) is 3.50. The van der Waals surface area contributed by atoms with E-state index < -0.39 is 0 Å². The van der Waals surface area contributed by atoms with Crippen LogP contribution in [-0.2, 0) is 0 Å². The van der Waals surface area contributed by atoms with Crippen molar-refractivity contribution in [3.05, 3.63) is 34.2 Å². The third-order valence-corrected chi connectivity index (χ3v) is 3.24. The molecule has 0 amide bonds. The van der Waals surface area contributed by atoms with Crippen LogP contribution < -0.4 is 11.0 Å². The SMILES string of the molecule is CCCCC(NCC)c1ccc2[nH]c(=O)[nH]c2c1. The molecule has 1 aromatic heterocycles. The minimum Gasteiger partial charge on any atom is -0.310 e. The van der Waals surface area contributed by atoms with E-state index in [1.165, 1.54) is 18.4 Å². The zero-order valence-electron chi connectivity index (χ0n) is 11.0. The summed E-state index contributed by atoms with van der Waals surface area (Å²) in [5.74, 6) is 0. The molecule has 0 saturated heterocycles. The number of hydrogen-bond donors (Lipinski definition) is 3. The quantitative estimate of drug-likeness (QED) is 0.735. The Balaban J connectivity index is 2.27. The van der Waals surface area contributed by atoms with Gasteiger partial charge in [-0.25, -0.2) is 4.79 Å². The molecule has 4 heteroatoms. The molecule has 3 N–H and O–H groups in total. The number of unbranched alkanes of at least 4 members (excludes halogenated alkanes) is 1. The summed E-state index contributed by atoms with van der Waals surface area (Å²) in [6.45, 7) is 5.28. The molecule has 0 bridgehead atoms. The van der Waals surface area contributed by atoms with Crippen LogP contribution in [0.2, 0.25) is 0 Å². The van der Waals surface area contributed by atoms with Crippen LogP contribution in [0, 0.1) is 0 Å². The maximum absolute atomic E-state index is 11.2. The van der Waals surface area contributed by atoms with Crippen molar-refractivity contribution in [3.63, 3.8) is 0 Å². The molecule has 0 saturated carbocycles. The van der Waals surface area contributed by atoms with E-state index in [1.54, 1.807) is 0 Å². The lowest BCUT2D eigenvalue weighted by Crippen LogP contribution is -2.20. The zero-order chi connectivity index (χ0) is 13.0. The van der Waals surface area contributed by atoms with Crippen molar-refractivity contribution in [1.29, 1.82) is 0 Å². The number of hydrogen-bond acceptors (Lipinski definition) is 2. The summed E-state index contributed by atoms with van der Waals surface area (Å²) in [6, 6.07) is 6.50. The Bertz CT molecular complexity index is 555. The standard InChI is InChI=1S/C14H21N3O/c1-3-5-6-11(15-4-2)10-7-8-12-13(9-10)17-14(18)16-12/h7-9,11,15H,3-6H2,1-2H3,(H2,16,17,18). The van der Waals surface area contributed by atoms with Crippen molar-refractivity contribution >= 4 is 11.0 Å². The highest BCUT2D eigenvalue weighted by Crippen LogP contribution is 2.21. The van der Waals surface area contributed by atoms with Gasteiger partial charge in [-0.05, 0) is 30.7 Å². The van der Waals surface area contributed by atoms with Crippen LogP contribution in [0.25, 0.3) is 11.0 Å². The number of benzene rings is 1. The van der Waals surface area contributed by atoms with Gasteiger partial charge in [0.15, 0.2) is 0 Å². The molecule has 0 radical (unpaired) electrons. The second-order valence-corrected chi connectivity index (χ2v) is 4.64. The highest BCUT2D eigenvalue weighted by molar-refractivity contribution is 5.75. The van der Waals surface area contributed by atoms with Crippen molar-refractivity contribution < 1.29 is 0 Å². The van der Waals surface area contributed by atoms with E-state index in [0.717, 1.165) is 24.0 Å². The van der Waals surface area contributed by atoms with E-state index >= 15 is 0 Å². The molecule has 0 aliphatic rings. The van der Waals surface area contributed by atoms with Crippen molar-refractivity contribution in [3.8, 4) is 0 Å². The lowest BCUT2D eigenvalue weighted by Gasteiger charge is -2.18. The van der Waals surface area contributed by atoms with Crippen molar-refractivity contribution in [1.82, 2.24) is 15.3 Å². The van der Waals surface area contributed by atoms with Crippen LogP contribution in [-0.4, -0.2) is 16.5 Å². The molecule has 4 nitrogen and oxygen atoms in total. The van der Waals surface area contributed by atoms with E-state index in [2.05, 4.69) is 41.3 Å². The molecule has 0 aliphatic carbocycles. The predicted octanol–water partition coefficient (Wildman–Crippen LogP) is 2.70. The molecular weight excluding hydrogens is 226 g/mol. The fraction of sp³-hybridized carbons (Fsp3) is 0.500. The Hall–Kier alpha value is -1.55. The minimum absolute atomic E-state index is 0.143. The molecule has 0 aliphatic heterocycles. The topological polar surface area (TPSA) is 60.7 Å². The minimum atomic E-state index is -0.143. The lowest BCUT2D eigenvalue weighted by atomic mass is 10.0. The Morgan fingerprint density at radius 1 is 1.22 bits per heavy atom. The van der Waals surface area contributed by atoms with Gasteiger partial charge in [-0.1, -0.05) is 32.8 Å². The molecule has 1 aromatic carbocycles. The molecule has 1 unspecified atom stereocenters. The first-order chi connectivity index (χ1) is 8.74. The van der Waals surface area contributed by atoms with Gasteiger partial charge >= 0.3 is 5.69 Å². The van der Waals surface area contributed by atoms with Gasteiger partial charge in [-0.2, -0.15) is 0 Å². The van der Waals surface area contributed by atoms with Crippen molar-refractivity contribution in [2.24, 2.45) is 0 Å². The summed E-state index contributed by atoms with van der Waals surface area (Å²) in [5.41, 5.74) is 2.86. The number of aromatic nitrogens is 2. The van der Waals surface area contributed by atoms with Gasteiger partial charge in [0.1, 0.15) is 0 Å². The van der Waals surface area contributed by atoms with Gasteiger partial charge in [0.25, 0.3) is 0 Å². The Morgan fingerprint density at radius 3 is 2.72 bits per heavy atom. The summed E-state index contributed by atoms with van der Waals surface area (Å²) >= 11 is 0. The van der Waals surface area contributed by atoms with Gasteiger partial charge < -0.3 is 15.3 Å². The van der Waals surface area contributed by atoms with Crippen LogP contribution >= 0.6 is 0 Å². The van der Waals surface area contributed by atoms with Crippen molar-refractivity contribution in [2.75, 3.05) is 6.54 Å². The van der Waals surface area contributed by atoms with E-state index in [-0.39, 0.29) is 5.69 Å². The summed E-state index contributed by atoms with van der Waals surface area (Å²) in [6.07, 6.45) is 3.54. The number of fused-ring (bicyclic) bond motifs is 1. The Morgan fingerprint density at radius 2 is 2.00 bits per heavy atom. The summed E-state index contributed by atoms with van der Waals surface area (Å²) < 4.78 is 0. The van der Waals surface area contributed by atoms with E-state index in [4.69, 9.17) is 0 Å². The van der Waals surface area contributed by atoms with Crippen molar-refractivity contribution in [2.45, 2.75) is 39.2 Å². The third-order valence-electron chi connectivity index (χ3n) is 3.24. The molecule has 18 heavy (non-hydrogen) atoms. The van der Waals surface area contributed by atoms with Crippen LogP contribution in [0.1, 0.15) is 44.7 Å². The first-order valence-electron chi connectivity index (χ1n) is 6.70. The fourth-order valence-electron chi connectivity index (χ4n) is 2.31. The number of aromatic amines is 2. The predicted molar refractivity (Wildman–Crippen MR) is 74.9 cm³/mol. The summed E-state index contributed by atoms with van der Waals surface area (Å²) in [4.78, 5) is 16.8. The largest absolute Gasteiger partial charge is 0.323 e. The van der Waals surface area contributed by atoms with Crippen LogP contribution in [0.15, 0.2) is 23.0 Å². The number of rotatable bonds is 6. The number of H-pyrrole nitrogens is 2. The van der Waals surface area contributed by atoms with Crippen LogP contribution in [0.5, 0.6) is 0 Å². The first kappa shape index (κ1) is 12.9. The van der Waals surface area contributed by atoms with Gasteiger partial charge in [0, 0.05) is 6.04 Å². The fourth-order valence-corrected chi connectivity index (χ4v) is 2.31. The molecule has 2 aromatic rings. The normalized spacial score (nSPS) is 13.0. The van der Waals surface area contributed by atoms with Crippen LogP contribution in [0.3, 0.4) is 0 Å². The maximum atomic E-state index is 11.2. The number of imidazole rings is 1. The van der Waals surface area contributed by atoms with Gasteiger partial charge in [-0.15, -0.1) is 0 Å². The molecule has 98 valence electrons. The summed E-state index contributed by atoms with van der Waals surface area (Å²) in [7, 11) is 0. The molecular formula is C14H21N3O. The van der Waals surface area contributed by atoms with E-state index in [1.807, 2.05) is 6.07 Å². The average Bonchev–Trinajstić information content (AvgIpc) is 2.73. The van der Waals surface area contributed by atoms with Crippen LogP contribution in [0.4, 0.5) is 0 Å². The van der Waals surface area contributed by atoms with Gasteiger partial charge in [0.2, 0.25) is 0 Å². The molecule has 2 rings (SSSR count). The second-order valence-electron chi connectivity index (χ2n) is 4.64. The zero-order valence-corrected chi connectivity index (χ0v) is 11.0. The lowest BCUT2D eigenvalue weighted by molar-refractivity contribution is 0.495. The first-order valence-corrected chi connectivity index (χ1v) is 6.70. The smallest absolute Gasteiger partial charge is 0.310 e. The monoisotopic (exact) mass is 247 g/mol. The van der Waals surface area contributed by atoms with Gasteiger partial charge in [-0.3, -0.25) is 0 Å². The average molecular weight is 247 g/mol. The third kappa shape index (κ3) is 2.82. The van der Waals surface area contributed by atoms with Gasteiger partial charge in [0.05, 0.1) is 11.0 Å². The van der Waals surface area contributed by atoms with E-state index in [9.17, 15) is 4.79 Å². The maximum Gasteiger partial charge on any atom is 0.323 e. The van der Waals surface area contributed by atoms with E-state index in [0.29, 0.717) is 6.04 Å². The molecule has 1 atom stereocenters.